The summed E-state index contributed by atoms with van der Waals surface area (Å²) in [5.41, 5.74) is 1.07. The molecule has 0 aliphatic carbocycles. The maximum atomic E-state index is 5.05. The fraction of sp³-hybridized carbons (Fsp3) is 0.364. The highest BCUT2D eigenvalue weighted by molar-refractivity contribution is 5.78. The molecule has 2 heteroatoms. The van der Waals surface area contributed by atoms with Crippen LogP contribution in [-0.2, 0) is 4.84 Å². The summed E-state index contributed by atoms with van der Waals surface area (Å²) in [6, 6.07) is 9.93. The van der Waals surface area contributed by atoms with Crippen LogP contribution in [0.2, 0.25) is 0 Å². The lowest BCUT2D eigenvalue weighted by Gasteiger charge is -1.95. The first-order chi connectivity index (χ1) is 6.43. The summed E-state index contributed by atoms with van der Waals surface area (Å²) < 4.78 is 0. The SMILES string of the molecule is CCCCON=Cc1ccccc1. The quantitative estimate of drug-likeness (QED) is 0.385. The van der Waals surface area contributed by atoms with E-state index in [9.17, 15) is 0 Å². The van der Waals surface area contributed by atoms with Gasteiger partial charge in [-0.25, -0.2) is 0 Å². The average molecular weight is 177 g/mol. The minimum atomic E-state index is 0.708. The van der Waals surface area contributed by atoms with E-state index in [4.69, 9.17) is 4.84 Å². The molecule has 0 unspecified atom stereocenters. The molecule has 0 aliphatic rings. The molecule has 0 aromatic heterocycles. The van der Waals surface area contributed by atoms with Crippen molar-refractivity contribution < 1.29 is 4.84 Å². The molecule has 0 saturated carbocycles. The zero-order valence-corrected chi connectivity index (χ0v) is 7.94. The monoisotopic (exact) mass is 177 g/mol. The van der Waals surface area contributed by atoms with Crippen LogP contribution in [0.5, 0.6) is 0 Å². The van der Waals surface area contributed by atoms with Gasteiger partial charge in [0.25, 0.3) is 0 Å². The van der Waals surface area contributed by atoms with Crippen molar-refractivity contribution in [3.63, 3.8) is 0 Å². The number of hydrogen-bond donors (Lipinski definition) is 0. The van der Waals surface area contributed by atoms with Gasteiger partial charge in [0, 0.05) is 0 Å². The minimum Gasteiger partial charge on any atom is -0.396 e. The number of benzene rings is 1. The average Bonchev–Trinajstić information content (AvgIpc) is 2.19. The van der Waals surface area contributed by atoms with Crippen molar-refractivity contribution in [2.75, 3.05) is 6.61 Å². The highest BCUT2D eigenvalue weighted by Crippen LogP contribution is 1.94. The molecule has 0 N–H and O–H groups in total. The van der Waals surface area contributed by atoms with Gasteiger partial charge in [0.1, 0.15) is 6.61 Å². The van der Waals surface area contributed by atoms with E-state index in [1.165, 1.54) is 0 Å². The van der Waals surface area contributed by atoms with Crippen LogP contribution in [-0.4, -0.2) is 12.8 Å². The lowest BCUT2D eigenvalue weighted by Crippen LogP contribution is -1.87. The van der Waals surface area contributed by atoms with E-state index in [0.717, 1.165) is 18.4 Å². The van der Waals surface area contributed by atoms with Gasteiger partial charge in [-0.2, -0.15) is 0 Å². The third kappa shape index (κ3) is 4.31. The van der Waals surface area contributed by atoms with E-state index in [-0.39, 0.29) is 0 Å². The van der Waals surface area contributed by atoms with Crippen molar-refractivity contribution >= 4 is 6.21 Å². The van der Waals surface area contributed by atoms with Gasteiger partial charge in [0.15, 0.2) is 0 Å². The van der Waals surface area contributed by atoms with Gasteiger partial charge in [-0.15, -0.1) is 0 Å². The van der Waals surface area contributed by atoms with Gasteiger partial charge in [0.05, 0.1) is 6.21 Å². The van der Waals surface area contributed by atoms with Gasteiger partial charge in [-0.3, -0.25) is 0 Å². The van der Waals surface area contributed by atoms with Crippen LogP contribution in [0.1, 0.15) is 25.3 Å². The second kappa shape index (κ2) is 6.23. The molecule has 0 bridgehead atoms. The van der Waals surface area contributed by atoms with E-state index in [2.05, 4.69) is 12.1 Å². The van der Waals surface area contributed by atoms with Gasteiger partial charge >= 0.3 is 0 Å². The summed E-state index contributed by atoms with van der Waals surface area (Å²) in [5.74, 6) is 0. The number of rotatable bonds is 5. The zero-order valence-electron chi connectivity index (χ0n) is 7.94. The smallest absolute Gasteiger partial charge is 0.117 e. The maximum Gasteiger partial charge on any atom is 0.117 e. The van der Waals surface area contributed by atoms with E-state index in [0.29, 0.717) is 6.61 Å². The molecule has 0 atom stereocenters. The third-order valence-electron chi connectivity index (χ3n) is 1.67. The van der Waals surface area contributed by atoms with Crippen LogP contribution in [0, 0.1) is 0 Å². The number of oxime groups is 1. The van der Waals surface area contributed by atoms with Crippen LogP contribution in [0.4, 0.5) is 0 Å². The first-order valence-corrected chi connectivity index (χ1v) is 4.64. The fourth-order valence-corrected chi connectivity index (χ4v) is 0.899. The van der Waals surface area contributed by atoms with E-state index < -0.39 is 0 Å². The molecule has 1 aromatic carbocycles. The topological polar surface area (TPSA) is 21.6 Å². The Labute approximate surface area is 79.2 Å². The van der Waals surface area contributed by atoms with Crippen molar-refractivity contribution in [3.05, 3.63) is 35.9 Å². The summed E-state index contributed by atoms with van der Waals surface area (Å²) in [5, 5.41) is 3.85. The van der Waals surface area contributed by atoms with Crippen LogP contribution in [0.15, 0.2) is 35.5 Å². The predicted octanol–water partition coefficient (Wildman–Crippen LogP) is 2.84. The molecule has 0 aliphatic heterocycles. The van der Waals surface area contributed by atoms with E-state index >= 15 is 0 Å². The summed E-state index contributed by atoms with van der Waals surface area (Å²) in [6.45, 7) is 2.84. The van der Waals surface area contributed by atoms with Crippen molar-refractivity contribution in [1.82, 2.24) is 0 Å². The number of hydrogen-bond acceptors (Lipinski definition) is 2. The van der Waals surface area contributed by atoms with Crippen LogP contribution in [0.25, 0.3) is 0 Å². The molecule has 0 spiro atoms. The Kier molecular flexibility index (Phi) is 4.69. The standard InChI is InChI=1S/C11H15NO/c1-2-3-9-13-12-10-11-7-5-4-6-8-11/h4-8,10H,2-3,9H2,1H3. The van der Waals surface area contributed by atoms with Crippen LogP contribution < -0.4 is 0 Å². The Bertz CT molecular complexity index is 244. The Morgan fingerprint density at radius 2 is 2.08 bits per heavy atom. The lowest BCUT2D eigenvalue weighted by atomic mass is 10.2. The highest BCUT2D eigenvalue weighted by atomic mass is 16.6. The lowest BCUT2D eigenvalue weighted by molar-refractivity contribution is 0.143. The normalized spacial score (nSPS) is 10.5. The highest BCUT2D eigenvalue weighted by Gasteiger charge is 1.84. The second-order valence-corrected chi connectivity index (χ2v) is 2.83. The summed E-state index contributed by atoms with van der Waals surface area (Å²) in [6.07, 6.45) is 3.93. The maximum absolute atomic E-state index is 5.05. The molecule has 70 valence electrons. The fourth-order valence-electron chi connectivity index (χ4n) is 0.899. The second-order valence-electron chi connectivity index (χ2n) is 2.83. The van der Waals surface area contributed by atoms with Crippen molar-refractivity contribution in [2.45, 2.75) is 19.8 Å². The largest absolute Gasteiger partial charge is 0.396 e. The van der Waals surface area contributed by atoms with Crippen molar-refractivity contribution in [1.29, 1.82) is 0 Å². The van der Waals surface area contributed by atoms with Crippen molar-refractivity contribution in [3.8, 4) is 0 Å². The van der Waals surface area contributed by atoms with Crippen LogP contribution >= 0.6 is 0 Å². The van der Waals surface area contributed by atoms with Crippen molar-refractivity contribution in [2.24, 2.45) is 5.16 Å². The third-order valence-corrected chi connectivity index (χ3v) is 1.67. The van der Waals surface area contributed by atoms with Gasteiger partial charge < -0.3 is 4.84 Å². The van der Waals surface area contributed by atoms with Gasteiger partial charge in [-0.05, 0) is 12.0 Å². The molecule has 1 rings (SSSR count). The first-order valence-electron chi connectivity index (χ1n) is 4.64. The van der Waals surface area contributed by atoms with Crippen LogP contribution in [0.3, 0.4) is 0 Å². The molecular formula is C11H15NO. The molecule has 13 heavy (non-hydrogen) atoms. The Morgan fingerprint density at radius 3 is 2.77 bits per heavy atom. The molecule has 0 radical (unpaired) electrons. The van der Waals surface area contributed by atoms with Gasteiger partial charge in [-0.1, -0.05) is 48.8 Å². The molecular weight excluding hydrogens is 162 g/mol. The van der Waals surface area contributed by atoms with Gasteiger partial charge in [0.2, 0.25) is 0 Å². The molecule has 0 saturated heterocycles. The summed E-state index contributed by atoms with van der Waals surface area (Å²) >= 11 is 0. The molecule has 1 aromatic rings. The van der Waals surface area contributed by atoms with E-state index in [1.807, 2.05) is 30.3 Å². The minimum absolute atomic E-state index is 0.708. The zero-order chi connectivity index (χ0) is 9.36. The molecule has 0 fully saturated rings. The number of nitrogens with zero attached hydrogens (tertiary/aromatic N) is 1. The Balaban J connectivity index is 2.25. The predicted molar refractivity (Wildman–Crippen MR) is 54.9 cm³/mol. The molecule has 0 amide bonds. The molecule has 0 heterocycles. The molecule has 2 nitrogen and oxygen atoms in total. The first kappa shape index (κ1) is 9.78. The van der Waals surface area contributed by atoms with E-state index in [1.54, 1.807) is 6.21 Å². The number of unbranched alkanes of at least 4 members (excludes halogenated alkanes) is 1. The Hall–Kier alpha value is -1.31. The summed E-state index contributed by atoms with van der Waals surface area (Å²) in [4.78, 5) is 5.05. The Morgan fingerprint density at radius 1 is 1.31 bits per heavy atom. The summed E-state index contributed by atoms with van der Waals surface area (Å²) in [7, 11) is 0.